The normalized spacial score (nSPS) is 13.5. The quantitative estimate of drug-likeness (QED) is 0.701. The third kappa shape index (κ3) is 2.64. The number of carbonyl (C=O) groups is 1. The molecule has 0 amide bonds. The maximum Gasteiger partial charge on any atom is 0.407 e. The van der Waals surface area contributed by atoms with Crippen LogP contribution >= 0.6 is 0 Å². The van der Waals surface area contributed by atoms with Crippen molar-refractivity contribution in [3.8, 4) is 5.75 Å². The van der Waals surface area contributed by atoms with E-state index in [1.165, 1.54) is 0 Å². The number of carboxylic acids is 1. The zero-order valence-corrected chi connectivity index (χ0v) is 8.12. The van der Waals surface area contributed by atoms with Gasteiger partial charge in [-0.1, -0.05) is 0 Å². The number of aromatic hydroxyl groups is 1. The summed E-state index contributed by atoms with van der Waals surface area (Å²) >= 11 is 0. The second kappa shape index (κ2) is 4.21. The molecule has 4 nitrogen and oxygen atoms in total. The summed E-state index contributed by atoms with van der Waals surface area (Å²) in [5, 5.41) is 17.6. The first-order valence-electron chi connectivity index (χ1n) is 4.22. The molecule has 0 bridgehead atoms. The van der Waals surface area contributed by atoms with Crippen molar-refractivity contribution in [2.45, 2.75) is 12.2 Å². The van der Waals surface area contributed by atoms with Gasteiger partial charge in [0.05, 0.1) is 5.56 Å². The summed E-state index contributed by atoms with van der Waals surface area (Å²) < 4.78 is 49.8. The Kier molecular flexibility index (Phi) is 3.28. The highest BCUT2D eigenvalue weighted by molar-refractivity contribution is 5.88. The van der Waals surface area contributed by atoms with Crippen LogP contribution in [0.15, 0.2) is 12.1 Å². The number of benzene rings is 1. The molecule has 1 aromatic rings. The van der Waals surface area contributed by atoms with Crippen LogP contribution in [0.1, 0.15) is 22.0 Å². The van der Waals surface area contributed by atoms with Gasteiger partial charge in [-0.05, 0) is 6.07 Å². The lowest BCUT2D eigenvalue weighted by Crippen LogP contribution is -2.28. The standard InChI is InChI=1S/C9H7F4NO3/c10-5-2-6(15)4(1-3(5)8(16)17)7(14)9(11,12)13/h1-2,7,15H,14H2,(H,16,17)/t7-/m1/s1. The topological polar surface area (TPSA) is 83.6 Å². The highest BCUT2D eigenvalue weighted by Gasteiger charge is 2.39. The smallest absolute Gasteiger partial charge is 0.407 e. The van der Waals surface area contributed by atoms with Crippen molar-refractivity contribution < 1.29 is 32.6 Å². The van der Waals surface area contributed by atoms with Gasteiger partial charge in [-0.3, -0.25) is 0 Å². The molecule has 17 heavy (non-hydrogen) atoms. The second-order valence-corrected chi connectivity index (χ2v) is 3.22. The minimum absolute atomic E-state index is 0.282. The zero-order chi connectivity index (χ0) is 13.4. The van der Waals surface area contributed by atoms with Gasteiger partial charge in [0, 0.05) is 11.6 Å². The van der Waals surface area contributed by atoms with Gasteiger partial charge in [-0.15, -0.1) is 0 Å². The fourth-order valence-electron chi connectivity index (χ4n) is 1.17. The number of hydrogen-bond donors (Lipinski definition) is 3. The SMILES string of the molecule is N[C@H](c1cc(C(=O)O)c(F)cc1O)C(F)(F)F. The van der Waals surface area contributed by atoms with Crippen molar-refractivity contribution in [3.05, 3.63) is 29.1 Å². The minimum atomic E-state index is -4.87. The van der Waals surface area contributed by atoms with Crippen LogP contribution in [0.25, 0.3) is 0 Å². The zero-order valence-electron chi connectivity index (χ0n) is 8.12. The molecule has 1 atom stereocenters. The number of alkyl halides is 3. The molecule has 0 spiro atoms. The Labute approximate surface area is 92.3 Å². The molecule has 0 aliphatic carbocycles. The third-order valence-electron chi connectivity index (χ3n) is 2.03. The Bertz CT molecular complexity index is 458. The number of hydrogen-bond acceptors (Lipinski definition) is 3. The van der Waals surface area contributed by atoms with Crippen molar-refractivity contribution >= 4 is 5.97 Å². The van der Waals surface area contributed by atoms with E-state index in [4.69, 9.17) is 15.9 Å². The van der Waals surface area contributed by atoms with Gasteiger partial charge < -0.3 is 15.9 Å². The Morgan fingerprint density at radius 2 is 1.88 bits per heavy atom. The summed E-state index contributed by atoms with van der Waals surface area (Å²) in [6.45, 7) is 0. The third-order valence-corrected chi connectivity index (χ3v) is 2.03. The monoisotopic (exact) mass is 253 g/mol. The average Bonchev–Trinajstić information content (AvgIpc) is 2.14. The number of phenols is 1. The van der Waals surface area contributed by atoms with E-state index in [0.29, 0.717) is 6.07 Å². The lowest BCUT2D eigenvalue weighted by atomic mass is 10.0. The fourth-order valence-corrected chi connectivity index (χ4v) is 1.17. The van der Waals surface area contributed by atoms with E-state index in [0.717, 1.165) is 0 Å². The van der Waals surface area contributed by atoms with Gasteiger partial charge in [0.1, 0.15) is 17.6 Å². The van der Waals surface area contributed by atoms with Crippen molar-refractivity contribution in [1.29, 1.82) is 0 Å². The Hall–Kier alpha value is -1.83. The van der Waals surface area contributed by atoms with Crippen LogP contribution in [0.3, 0.4) is 0 Å². The molecular weight excluding hydrogens is 246 g/mol. The predicted octanol–water partition coefficient (Wildman–Crippen LogP) is 1.79. The first-order valence-corrected chi connectivity index (χ1v) is 4.22. The van der Waals surface area contributed by atoms with Crippen LogP contribution in [0.2, 0.25) is 0 Å². The fraction of sp³-hybridized carbons (Fsp3) is 0.222. The summed E-state index contributed by atoms with van der Waals surface area (Å²) in [7, 11) is 0. The molecule has 0 heterocycles. The molecule has 0 saturated heterocycles. The predicted molar refractivity (Wildman–Crippen MR) is 48.0 cm³/mol. The van der Waals surface area contributed by atoms with E-state index in [1.807, 2.05) is 0 Å². The molecule has 0 unspecified atom stereocenters. The van der Waals surface area contributed by atoms with Crippen LogP contribution in [-0.4, -0.2) is 22.4 Å². The molecule has 8 heteroatoms. The molecule has 0 aliphatic rings. The Morgan fingerprint density at radius 3 is 2.29 bits per heavy atom. The average molecular weight is 253 g/mol. The Balaban J connectivity index is 3.35. The number of aromatic carboxylic acids is 1. The molecule has 4 N–H and O–H groups in total. The second-order valence-electron chi connectivity index (χ2n) is 3.22. The van der Waals surface area contributed by atoms with Crippen molar-refractivity contribution in [1.82, 2.24) is 0 Å². The van der Waals surface area contributed by atoms with Gasteiger partial charge in [0.2, 0.25) is 0 Å². The van der Waals surface area contributed by atoms with E-state index in [1.54, 1.807) is 0 Å². The molecular formula is C9H7F4NO3. The molecule has 0 fully saturated rings. The van der Waals surface area contributed by atoms with Crippen molar-refractivity contribution in [2.24, 2.45) is 5.73 Å². The summed E-state index contributed by atoms with van der Waals surface area (Å²) in [5.74, 6) is -4.14. The van der Waals surface area contributed by atoms with E-state index in [-0.39, 0.29) is 6.07 Å². The molecule has 0 aliphatic heterocycles. The summed E-state index contributed by atoms with van der Waals surface area (Å²) in [6.07, 6.45) is -4.87. The largest absolute Gasteiger partial charge is 0.507 e. The van der Waals surface area contributed by atoms with E-state index < -0.39 is 40.9 Å². The highest BCUT2D eigenvalue weighted by atomic mass is 19.4. The van der Waals surface area contributed by atoms with Gasteiger partial charge in [0.25, 0.3) is 0 Å². The molecule has 0 radical (unpaired) electrons. The van der Waals surface area contributed by atoms with Crippen LogP contribution in [0.5, 0.6) is 5.75 Å². The van der Waals surface area contributed by atoms with Gasteiger partial charge in [-0.25, -0.2) is 9.18 Å². The highest BCUT2D eigenvalue weighted by Crippen LogP contribution is 2.36. The lowest BCUT2D eigenvalue weighted by molar-refractivity contribution is -0.149. The number of nitrogens with two attached hydrogens (primary N) is 1. The number of carboxylic acid groups (broad SMARTS) is 1. The summed E-state index contributed by atoms with van der Waals surface area (Å²) in [4.78, 5) is 10.5. The summed E-state index contributed by atoms with van der Waals surface area (Å²) in [6, 6.07) is -1.93. The number of rotatable bonds is 2. The van der Waals surface area contributed by atoms with Crippen LogP contribution < -0.4 is 5.73 Å². The molecule has 1 rings (SSSR count). The van der Waals surface area contributed by atoms with E-state index >= 15 is 0 Å². The molecule has 94 valence electrons. The first kappa shape index (κ1) is 13.2. The van der Waals surface area contributed by atoms with Crippen LogP contribution in [-0.2, 0) is 0 Å². The van der Waals surface area contributed by atoms with E-state index in [2.05, 4.69) is 0 Å². The van der Waals surface area contributed by atoms with Crippen LogP contribution in [0.4, 0.5) is 17.6 Å². The summed E-state index contributed by atoms with van der Waals surface area (Å²) in [5.41, 5.74) is 2.91. The minimum Gasteiger partial charge on any atom is -0.507 e. The maximum absolute atomic E-state index is 13.0. The van der Waals surface area contributed by atoms with Crippen LogP contribution in [0, 0.1) is 5.82 Å². The van der Waals surface area contributed by atoms with E-state index in [9.17, 15) is 22.4 Å². The van der Waals surface area contributed by atoms with Crippen molar-refractivity contribution in [2.75, 3.05) is 0 Å². The van der Waals surface area contributed by atoms with Crippen molar-refractivity contribution in [3.63, 3.8) is 0 Å². The molecule has 0 aromatic heterocycles. The molecule has 1 aromatic carbocycles. The van der Waals surface area contributed by atoms with Gasteiger partial charge in [0.15, 0.2) is 0 Å². The van der Waals surface area contributed by atoms with Gasteiger partial charge in [-0.2, -0.15) is 13.2 Å². The number of phenolic OH excluding ortho intramolecular Hbond substituents is 1. The molecule has 0 saturated carbocycles. The first-order chi connectivity index (χ1) is 7.64. The number of halogens is 4. The maximum atomic E-state index is 13.0. The Morgan fingerprint density at radius 1 is 1.35 bits per heavy atom. The lowest BCUT2D eigenvalue weighted by Gasteiger charge is -2.17. The van der Waals surface area contributed by atoms with Gasteiger partial charge >= 0.3 is 12.1 Å².